The first-order valence-corrected chi connectivity index (χ1v) is 8.99. The molecule has 0 saturated carbocycles. The van der Waals surface area contributed by atoms with E-state index in [9.17, 15) is 0 Å². The van der Waals surface area contributed by atoms with Crippen molar-refractivity contribution in [3.63, 3.8) is 0 Å². The van der Waals surface area contributed by atoms with Crippen LogP contribution in [0.5, 0.6) is 0 Å². The molecule has 1 aliphatic rings. The van der Waals surface area contributed by atoms with E-state index < -0.39 is 0 Å². The lowest BCUT2D eigenvalue weighted by molar-refractivity contribution is -0.106. The van der Waals surface area contributed by atoms with Crippen molar-refractivity contribution in [2.24, 2.45) is 4.99 Å². The number of ether oxygens (including phenoxy) is 2. The number of benzene rings is 2. The Bertz CT molecular complexity index is 734. The van der Waals surface area contributed by atoms with Gasteiger partial charge in [0.1, 0.15) is 0 Å². The molecule has 0 fully saturated rings. The topological polar surface area (TPSA) is 30.8 Å². The number of nitrogens with zero attached hydrogens (tertiary/aromatic N) is 1. The Morgan fingerprint density at radius 3 is 2.29 bits per heavy atom. The molecule has 24 heavy (non-hydrogen) atoms. The number of thioether (sulfide) groups is 1. The standard InChI is InChI=1S/C20H21NO2S/c1-3-22-20(23-4-2)19-14-17(15-10-6-5-7-11-15)21-16-12-8-9-13-18(16)24-19/h5-14,20H,3-4H2,1-2H3. The second-order valence-electron chi connectivity index (χ2n) is 5.22. The first-order chi connectivity index (χ1) is 11.8. The summed E-state index contributed by atoms with van der Waals surface area (Å²) in [6, 6.07) is 18.4. The maximum atomic E-state index is 5.81. The van der Waals surface area contributed by atoms with Gasteiger partial charge in [-0.2, -0.15) is 0 Å². The SMILES string of the molecule is CCOC(OCC)C1=CC(c2ccccc2)=Nc2ccccc2S1. The molecule has 2 aromatic rings. The Kier molecular flexibility index (Phi) is 5.86. The summed E-state index contributed by atoms with van der Waals surface area (Å²) in [7, 11) is 0. The smallest absolute Gasteiger partial charge is 0.190 e. The van der Waals surface area contributed by atoms with Gasteiger partial charge in [0.15, 0.2) is 6.29 Å². The van der Waals surface area contributed by atoms with Crippen LogP contribution >= 0.6 is 11.8 Å². The Labute approximate surface area is 147 Å². The number of fused-ring (bicyclic) bond motifs is 1. The number of allylic oxidation sites excluding steroid dienone is 1. The Hall–Kier alpha value is -1.88. The maximum absolute atomic E-state index is 5.81. The predicted octanol–water partition coefficient (Wildman–Crippen LogP) is 5.20. The Morgan fingerprint density at radius 1 is 0.917 bits per heavy atom. The number of hydrogen-bond acceptors (Lipinski definition) is 4. The van der Waals surface area contributed by atoms with Crippen LogP contribution in [0.3, 0.4) is 0 Å². The van der Waals surface area contributed by atoms with Crippen LogP contribution in [-0.2, 0) is 9.47 Å². The summed E-state index contributed by atoms with van der Waals surface area (Å²) >= 11 is 1.66. The minimum Gasteiger partial charge on any atom is -0.348 e. The van der Waals surface area contributed by atoms with Gasteiger partial charge in [0.2, 0.25) is 0 Å². The van der Waals surface area contributed by atoms with E-state index in [0.29, 0.717) is 13.2 Å². The van der Waals surface area contributed by atoms with Crippen molar-refractivity contribution >= 4 is 23.2 Å². The van der Waals surface area contributed by atoms with Gasteiger partial charge in [0.05, 0.1) is 11.4 Å². The lowest BCUT2D eigenvalue weighted by Gasteiger charge is -2.19. The molecular weight excluding hydrogens is 318 g/mol. The van der Waals surface area contributed by atoms with Crippen molar-refractivity contribution in [1.29, 1.82) is 0 Å². The van der Waals surface area contributed by atoms with Gasteiger partial charge in [-0.1, -0.05) is 54.2 Å². The van der Waals surface area contributed by atoms with E-state index in [4.69, 9.17) is 14.5 Å². The highest BCUT2D eigenvalue weighted by Gasteiger charge is 2.21. The van der Waals surface area contributed by atoms with Gasteiger partial charge in [0, 0.05) is 28.6 Å². The highest BCUT2D eigenvalue weighted by molar-refractivity contribution is 8.03. The van der Waals surface area contributed by atoms with Crippen molar-refractivity contribution in [2.75, 3.05) is 13.2 Å². The molecule has 0 spiro atoms. The van der Waals surface area contributed by atoms with E-state index >= 15 is 0 Å². The quantitative estimate of drug-likeness (QED) is 0.678. The fourth-order valence-electron chi connectivity index (χ4n) is 2.48. The van der Waals surface area contributed by atoms with Crippen LogP contribution in [0, 0.1) is 0 Å². The molecule has 3 rings (SSSR count). The Morgan fingerprint density at radius 2 is 1.58 bits per heavy atom. The first-order valence-electron chi connectivity index (χ1n) is 8.17. The second kappa shape index (κ2) is 8.29. The molecule has 3 nitrogen and oxygen atoms in total. The van der Waals surface area contributed by atoms with Crippen LogP contribution in [-0.4, -0.2) is 25.2 Å². The van der Waals surface area contributed by atoms with Gasteiger partial charge in [-0.15, -0.1) is 0 Å². The summed E-state index contributed by atoms with van der Waals surface area (Å²) in [4.78, 5) is 7.00. The summed E-state index contributed by atoms with van der Waals surface area (Å²) in [5.74, 6) is 0. The average Bonchev–Trinajstić information content (AvgIpc) is 2.82. The third-order valence-corrected chi connectivity index (χ3v) is 4.66. The summed E-state index contributed by atoms with van der Waals surface area (Å²) in [6.45, 7) is 5.16. The molecule has 0 aromatic heterocycles. The van der Waals surface area contributed by atoms with Crippen molar-refractivity contribution in [3.8, 4) is 0 Å². The van der Waals surface area contributed by atoms with Crippen LogP contribution in [0.4, 0.5) is 5.69 Å². The van der Waals surface area contributed by atoms with Crippen molar-refractivity contribution in [1.82, 2.24) is 0 Å². The van der Waals surface area contributed by atoms with Crippen LogP contribution in [0.25, 0.3) is 0 Å². The molecule has 0 amide bonds. The van der Waals surface area contributed by atoms with Crippen molar-refractivity contribution in [2.45, 2.75) is 25.0 Å². The molecule has 0 N–H and O–H groups in total. The third kappa shape index (κ3) is 3.96. The van der Waals surface area contributed by atoms with Crippen LogP contribution in [0.1, 0.15) is 19.4 Å². The van der Waals surface area contributed by atoms with Gasteiger partial charge in [0.25, 0.3) is 0 Å². The zero-order valence-corrected chi connectivity index (χ0v) is 14.8. The van der Waals surface area contributed by atoms with Gasteiger partial charge >= 0.3 is 0 Å². The summed E-state index contributed by atoms with van der Waals surface area (Å²) < 4.78 is 11.6. The third-order valence-electron chi connectivity index (χ3n) is 3.55. The van der Waals surface area contributed by atoms with Gasteiger partial charge < -0.3 is 9.47 Å². The minimum atomic E-state index is -0.370. The molecule has 0 aliphatic carbocycles. The number of rotatable bonds is 6. The molecule has 0 bridgehead atoms. The molecule has 1 heterocycles. The predicted molar refractivity (Wildman–Crippen MR) is 100 cm³/mol. The van der Waals surface area contributed by atoms with E-state index in [2.05, 4.69) is 24.3 Å². The molecule has 1 aliphatic heterocycles. The summed E-state index contributed by atoms with van der Waals surface area (Å²) in [6.07, 6.45) is 1.71. The summed E-state index contributed by atoms with van der Waals surface area (Å²) in [5.41, 5.74) is 2.98. The summed E-state index contributed by atoms with van der Waals surface area (Å²) in [5, 5.41) is 0. The van der Waals surface area contributed by atoms with Gasteiger partial charge in [-0.3, -0.25) is 0 Å². The van der Waals surface area contributed by atoms with E-state index in [-0.39, 0.29) is 6.29 Å². The molecule has 0 radical (unpaired) electrons. The van der Waals surface area contributed by atoms with Crippen molar-refractivity contribution < 1.29 is 9.47 Å². The molecule has 0 unspecified atom stereocenters. The largest absolute Gasteiger partial charge is 0.348 e. The molecule has 4 heteroatoms. The fourth-order valence-corrected chi connectivity index (χ4v) is 3.50. The molecule has 2 aromatic carbocycles. The van der Waals surface area contributed by atoms with E-state index in [1.165, 1.54) is 0 Å². The number of aliphatic imine (C=N–C) groups is 1. The van der Waals surface area contributed by atoms with Crippen LogP contribution in [0.2, 0.25) is 0 Å². The average molecular weight is 339 g/mol. The lowest BCUT2D eigenvalue weighted by Crippen LogP contribution is -2.19. The van der Waals surface area contributed by atoms with E-state index in [0.717, 1.165) is 26.8 Å². The lowest BCUT2D eigenvalue weighted by atomic mass is 10.1. The first kappa shape index (κ1) is 17.0. The Balaban J connectivity index is 2.06. The monoisotopic (exact) mass is 339 g/mol. The molecule has 0 atom stereocenters. The van der Waals surface area contributed by atoms with Crippen molar-refractivity contribution in [3.05, 3.63) is 71.1 Å². The fraction of sp³-hybridized carbons (Fsp3) is 0.250. The molecule has 124 valence electrons. The maximum Gasteiger partial charge on any atom is 0.190 e. The van der Waals surface area contributed by atoms with Gasteiger partial charge in [-0.05, 0) is 32.1 Å². The molecule has 0 saturated heterocycles. The van der Waals surface area contributed by atoms with E-state index in [1.54, 1.807) is 11.8 Å². The zero-order valence-electron chi connectivity index (χ0n) is 13.9. The zero-order chi connectivity index (χ0) is 16.8. The van der Waals surface area contributed by atoms with Crippen LogP contribution < -0.4 is 0 Å². The van der Waals surface area contributed by atoms with Crippen LogP contribution in [0.15, 0.2) is 75.5 Å². The minimum absolute atomic E-state index is 0.370. The van der Waals surface area contributed by atoms with E-state index in [1.807, 2.05) is 50.2 Å². The number of para-hydroxylation sites is 1. The highest BCUT2D eigenvalue weighted by Crippen LogP contribution is 2.39. The molecular formula is C20H21NO2S. The number of hydrogen-bond donors (Lipinski definition) is 0. The highest BCUT2D eigenvalue weighted by atomic mass is 32.2. The second-order valence-corrected chi connectivity index (χ2v) is 6.34. The normalized spacial score (nSPS) is 14.0. The van der Waals surface area contributed by atoms with Gasteiger partial charge in [-0.25, -0.2) is 4.99 Å².